The molecule has 0 amide bonds. The van der Waals surface area contributed by atoms with E-state index in [-0.39, 0.29) is 0 Å². The number of benzene rings is 4. The summed E-state index contributed by atoms with van der Waals surface area (Å²) in [5.74, 6) is 0. The van der Waals surface area contributed by atoms with E-state index in [0.717, 1.165) is 39.0 Å². The van der Waals surface area contributed by atoms with Crippen molar-refractivity contribution in [3.05, 3.63) is 137 Å². The van der Waals surface area contributed by atoms with E-state index in [1.54, 1.807) is 0 Å². The molecule has 0 aliphatic heterocycles. The summed E-state index contributed by atoms with van der Waals surface area (Å²) < 4.78 is 2.04. The van der Waals surface area contributed by atoms with Crippen molar-refractivity contribution in [1.29, 1.82) is 0 Å². The average Bonchev–Trinajstić information content (AvgIpc) is 3.20. The molecule has 0 aliphatic carbocycles. The van der Waals surface area contributed by atoms with Crippen LogP contribution in [-0.4, -0.2) is 9.78 Å². The molecule has 0 N–H and O–H groups in total. The lowest BCUT2D eigenvalue weighted by atomic mass is 9.99. The molecule has 4 aromatic carbocycles. The zero-order chi connectivity index (χ0) is 21.0. The highest BCUT2D eigenvalue weighted by atomic mass is 15.3. The Kier molecular flexibility index (Phi) is 5.06. The number of hydrogen-bond donors (Lipinski definition) is 0. The van der Waals surface area contributed by atoms with Crippen molar-refractivity contribution in [1.82, 2.24) is 9.78 Å². The molecule has 148 valence electrons. The van der Waals surface area contributed by atoms with Crippen LogP contribution in [0.5, 0.6) is 0 Å². The van der Waals surface area contributed by atoms with Gasteiger partial charge < -0.3 is 0 Å². The first-order valence-electron chi connectivity index (χ1n) is 10.4. The summed E-state index contributed by atoms with van der Waals surface area (Å²) in [6, 6.07) is 37.4. The van der Waals surface area contributed by atoms with Crippen LogP contribution in [0.3, 0.4) is 0 Å². The van der Waals surface area contributed by atoms with Gasteiger partial charge in [0.1, 0.15) is 0 Å². The number of nitrogens with zero attached hydrogens (tertiary/aromatic N) is 2. The topological polar surface area (TPSA) is 17.8 Å². The van der Waals surface area contributed by atoms with Crippen LogP contribution in [0, 0.1) is 6.92 Å². The summed E-state index contributed by atoms with van der Waals surface area (Å²) in [5, 5.41) is 6.09. The standard InChI is InChI=1S/C29H22N2/c1-22-17-20-28-27(21-22)29(31(30-28)25-15-9-4-10-16-25)26(24-13-7-3-8-14-24)19-18-23-11-5-2-6-12-23/h2-18,20-21H,1H3. The van der Waals surface area contributed by atoms with Crippen LogP contribution in [0.2, 0.25) is 0 Å². The van der Waals surface area contributed by atoms with Gasteiger partial charge in [0.25, 0.3) is 0 Å². The molecular weight excluding hydrogens is 376 g/mol. The molecule has 0 bridgehead atoms. The third-order valence-electron chi connectivity index (χ3n) is 5.31. The molecule has 0 radical (unpaired) electrons. The summed E-state index contributed by atoms with van der Waals surface area (Å²) in [6.07, 6.45) is 2.05. The predicted octanol–water partition coefficient (Wildman–Crippen LogP) is 7.08. The Morgan fingerprint density at radius 3 is 2.13 bits per heavy atom. The van der Waals surface area contributed by atoms with Gasteiger partial charge in [0.15, 0.2) is 0 Å². The van der Waals surface area contributed by atoms with Crippen LogP contribution in [0.1, 0.15) is 22.4 Å². The maximum atomic E-state index is 4.97. The van der Waals surface area contributed by atoms with Gasteiger partial charge in [-0.1, -0.05) is 90.5 Å². The van der Waals surface area contributed by atoms with Crippen LogP contribution in [0.4, 0.5) is 0 Å². The summed E-state index contributed by atoms with van der Waals surface area (Å²) in [7, 11) is 0. The summed E-state index contributed by atoms with van der Waals surface area (Å²) >= 11 is 0. The van der Waals surface area contributed by atoms with Crippen LogP contribution < -0.4 is 0 Å². The summed E-state index contributed by atoms with van der Waals surface area (Å²) in [5.41, 5.74) is 11.1. The minimum absolute atomic E-state index is 0.972. The van der Waals surface area contributed by atoms with Crippen LogP contribution in [-0.2, 0) is 0 Å². The van der Waals surface area contributed by atoms with Gasteiger partial charge in [-0.2, -0.15) is 5.10 Å². The smallest absolute Gasteiger partial charge is 0.0934 e. The molecule has 0 saturated carbocycles. The predicted molar refractivity (Wildman–Crippen MR) is 129 cm³/mol. The summed E-state index contributed by atoms with van der Waals surface area (Å²) in [4.78, 5) is 0. The molecule has 0 saturated heterocycles. The second kappa shape index (κ2) is 8.31. The normalized spacial score (nSPS) is 10.6. The van der Waals surface area contributed by atoms with E-state index in [4.69, 9.17) is 5.10 Å². The molecule has 2 nitrogen and oxygen atoms in total. The van der Waals surface area contributed by atoms with E-state index in [2.05, 4.69) is 79.4 Å². The molecule has 1 heterocycles. The van der Waals surface area contributed by atoms with Crippen molar-refractivity contribution in [3.63, 3.8) is 0 Å². The highest BCUT2D eigenvalue weighted by Crippen LogP contribution is 2.32. The maximum absolute atomic E-state index is 4.97. The largest absolute Gasteiger partial charge is 0.231 e. The molecule has 0 atom stereocenters. The van der Waals surface area contributed by atoms with Gasteiger partial charge in [0.2, 0.25) is 0 Å². The number of rotatable bonds is 4. The molecule has 1 aromatic heterocycles. The highest BCUT2D eigenvalue weighted by molar-refractivity contribution is 5.96. The van der Waals surface area contributed by atoms with Gasteiger partial charge >= 0.3 is 0 Å². The number of fused-ring (bicyclic) bond motifs is 1. The Balaban J connectivity index is 1.85. The lowest BCUT2D eigenvalue weighted by Crippen LogP contribution is -2.02. The SMILES string of the molecule is Cc1ccc2nn(-c3ccccc3)c(C(=C=Cc3ccccc3)c3ccccc3)c2c1. The Labute approximate surface area is 182 Å². The van der Waals surface area contributed by atoms with E-state index in [1.165, 1.54) is 5.56 Å². The average molecular weight is 399 g/mol. The van der Waals surface area contributed by atoms with E-state index in [9.17, 15) is 0 Å². The fourth-order valence-corrected chi connectivity index (χ4v) is 3.79. The zero-order valence-electron chi connectivity index (χ0n) is 17.4. The van der Waals surface area contributed by atoms with Crippen molar-refractivity contribution in [2.75, 3.05) is 0 Å². The molecule has 0 fully saturated rings. The number of aryl methyl sites for hydroxylation is 1. The molecule has 0 unspecified atom stereocenters. The van der Waals surface area contributed by atoms with Gasteiger partial charge in [-0.25, -0.2) is 4.68 Å². The monoisotopic (exact) mass is 398 g/mol. The van der Waals surface area contributed by atoms with Crippen molar-refractivity contribution in [3.8, 4) is 5.69 Å². The van der Waals surface area contributed by atoms with E-state index < -0.39 is 0 Å². The van der Waals surface area contributed by atoms with Crippen molar-refractivity contribution < 1.29 is 0 Å². The fourth-order valence-electron chi connectivity index (χ4n) is 3.79. The molecule has 2 heteroatoms. The molecule has 0 spiro atoms. The first kappa shape index (κ1) is 18.9. The lowest BCUT2D eigenvalue weighted by molar-refractivity contribution is 0.882. The van der Waals surface area contributed by atoms with Gasteiger partial charge in [-0.15, -0.1) is 5.73 Å². The number of aromatic nitrogens is 2. The molecule has 0 aliphatic rings. The van der Waals surface area contributed by atoms with E-state index in [0.29, 0.717) is 0 Å². The molecule has 31 heavy (non-hydrogen) atoms. The van der Waals surface area contributed by atoms with Gasteiger partial charge in [-0.05, 0) is 48.4 Å². The Morgan fingerprint density at radius 1 is 0.774 bits per heavy atom. The van der Waals surface area contributed by atoms with Crippen molar-refractivity contribution in [2.24, 2.45) is 0 Å². The lowest BCUT2D eigenvalue weighted by Gasteiger charge is -2.11. The quantitative estimate of drug-likeness (QED) is 0.296. The van der Waals surface area contributed by atoms with Crippen LogP contribution in [0.25, 0.3) is 28.2 Å². The third kappa shape index (κ3) is 3.85. The Hall–Kier alpha value is -4.13. The minimum Gasteiger partial charge on any atom is -0.231 e. The Morgan fingerprint density at radius 2 is 1.42 bits per heavy atom. The fraction of sp³-hybridized carbons (Fsp3) is 0.0345. The van der Waals surface area contributed by atoms with E-state index >= 15 is 0 Å². The van der Waals surface area contributed by atoms with Crippen molar-refractivity contribution >= 4 is 22.6 Å². The number of hydrogen-bond acceptors (Lipinski definition) is 1. The first-order chi connectivity index (χ1) is 15.3. The van der Waals surface area contributed by atoms with Gasteiger partial charge in [-0.3, -0.25) is 0 Å². The van der Waals surface area contributed by atoms with Crippen LogP contribution >= 0.6 is 0 Å². The second-order valence-corrected chi connectivity index (χ2v) is 7.56. The molecule has 5 rings (SSSR count). The first-order valence-corrected chi connectivity index (χ1v) is 10.4. The van der Waals surface area contributed by atoms with Crippen LogP contribution in [0.15, 0.2) is 115 Å². The van der Waals surface area contributed by atoms with Crippen molar-refractivity contribution in [2.45, 2.75) is 6.92 Å². The third-order valence-corrected chi connectivity index (χ3v) is 5.31. The zero-order valence-corrected chi connectivity index (χ0v) is 17.4. The number of para-hydroxylation sites is 1. The van der Waals surface area contributed by atoms with E-state index in [1.807, 2.05) is 53.2 Å². The highest BCUT2D eigenvalue weighted by Gasteiger charge is 2.18. The van der Waals surface area contributed by atoms with Gasteiger partial charge in [0.05, 0.1) is 22.5 Å². The maximum Gasteiger partial charge on any atom is 0.0934 e. The molecular formula is C29H22N2. The molecule has 5 aromatic rings. The summed E-state index contributed by atoms with van der Waals surface area (Å²) in [6.45, 7) is 2.12. The second-order valence-electron chi connectivity index (χ2n) is 7.56. The van der Waals surface area contributed by atoms with Gasteiger partial charge in [0, 0.05) is 5.39 Å². The minimum atomic E-state index is 0.972. The Bertz CT molecular complexity index is 1390.